The first-order valence-electron chi connectivity index (χ1n) is 9.39. The SMILES string of the molecule is COc1ccccc1OCC(=O)Nc1ccccc1-c1nc(-c2ccc(F)cc2)no1. The second-order valence-electron chi connectivity index (χ2n) is 6.46. The molecule has 1 aromatic heterocycles. The number of anilines is 1. The largest absolute Gasteiger partial charge is 0.493 e. The van der Waals surface area contributed by atoms with E-state index in [9.17, 15) is 9.18 Å². The van der Waals surface area contributed by atoms with Gasteiger partial charge in [0.25, 0.3) is 11.8 Å². The zero-order valence-electron chi connectivity index (χ0n) is 16.5. The molecule has 0 saturated heterocycles. The van der Waals surface area contributed by atoms with Crippen LogP contribution in [0.2, 0.25) is 0 Å². The Morgan fingerprint density at radius 3 is 2.48 bits per heavy atom. The monoisotopic (exact) mass is 419 g/mol. The molecule has 0 unspecified atom stereocenters. The van der Waals surface area contributed by atoms with E-state index in [-0.39, 0.29) is 24.2 Å². The van der Waals surface area contributed by atoms with Crippen LogP contribution in [0.3, 0.4) is 0 Å². The molecule has 0 fully saturated rings. The van der Waals surface area contributed by atoms with E-state index in [2.05, 4.69) is 15.5 Å². The van der Waals surface area contributed by atoms with Gasteiger partial charge in [-0.2, -0.15) is 4.98 Å². The van der Waals surface area contributed by atoms with E-state index < -0.39 is 0 Å². The highest BCUT2D eigenvalue weighted by Gasteiger charge is 2.16. The molecule has 1 amide bonds. The third-order valence-electron chi connectivity index (χ3n) is 4.39. The Hall–Kier alpha value is -4.20. The molecule has 0 atom stereocenters. The van der Waals surface area contributed by atoms with E-state index in [0.29, 0.717) is 34.1 Å². The van der Waals surface area contributed by atoms with Crippen LogP contribution in [-0.4, -0.2) is 29.8 Å². The Bertz CT molecular complexity index is 1190. The lowest BCUT2D eigenvalue weighted by Gasteiger charge is -2.11. The van der Waals surface area contributed by atoms with Gasteiger partial charge in [0.2, 0.25) is 5.82 Å². The third-order valence-corrected chi connectivity index (χ3v) is 4.39. The number of aromatic nitrogens is 2. The highest BCUT2D eigenvalue weighted by atomic mass is 19.1. The second kappa shape index (κ2) is 9.08. The summed E-state index contributed by atoms with van der Waals surface area (Å²) in [6, 6.07) is 19.9. The highest BCUT2D eigenvalue weighted by Crippen LogP contribution is 2.29. The molecule has 156 valence electrons. The van der Waals surface area contributed by atoms with Crippen LogP contribution in [0.5, 0.6) is 11.5 Å². The normalized spacial score (nSPS) is 10.5. The molecule has 0 saturated carbocycles. The number of halogens is 1. The van der Waals surface area contributed by atoms with E-state index >= 15 is 0 Å². The van der Waals surface area contributed by atoms with Gasteiger partial charge in [-0.3, -0.25) is 4.79 Å². The number of benzene rings is 3. The van der Waals surface area contributed by atoms with Gasteiger partial charge >= 0.3 is 0 Å². The highest BCUT2D eigenvalue weighted by molar-refractivity contribution is 5.95. The van der Waals surface area contributed by atoms with Gasteiger partial charge in [-0.1, -0.05) is 29.4 Å². The van der Waals surface area contributed by atoms with Crippen molar-refractivity contribution in [1.29, 1.82) is 0 Å². The van der Waals surface area contributed by atoms with Crippen LogP contribution in [0, 0.1) is 5.82 Å². The summed E-state index contributed by atoms with van der Waals surface area (Å²) < 4.78 is 29.3. The van der Waals surface area contributed by atoms with E-state index in [1.54, 1.807) is 54.6 Å². The number of methoxy groups -OCH3 is 1. The Morgan fingerprint density at radius 2 is 1.71 bits per heavy atom. The molecule has 0 radical (unpaired) electrons. The Kier molecular flexibility index (Phi) is 5.89. The lowest BCUT2D eigenvalue weighted by molar-refractivity contribution is -0.118. The molecule has 8 heteroatoms. The van der Waals surface area contributed by atoms with E-state index in [1.807, 2.05) is 6.07 Å². The molecule has 7 nitrogen and oxygen atoms in total. The van der Waals surface area contributed by atoms with Crippen molar-refractivity contribution in [3.8, 4) is 34.3 Å². The number of rotatable bonds is 7. The molecule has 4 aromatic rings. The number of amides is 1. The van der Waals surface area contributed by atoms with Gasteiger partial charge in [-0.05, 0) is 48.5 Å². The summed E-state index contributed by atoms with van der Waals surface area (Å²) in [6.45, 7) is -0.209. The molecule has 0 aliphatic heterocycles. The number of carbonyl (C=O) groups excluding carboxylic acids is 1. The van der Waals surface area contributed by atoms with Gasteiger partial charge in [0, 0.05) is 5.56 Å². The minimum Gasteiger partial charge on any atom is -0.493 e. The van der Waals surface area contributed by atoms with Gasteiger partial charge in [0.15, 0.2) is 18.1 Å². The zero-order valence-corrected chi connectivity index (χ0v) is 16.5. The maximum atomic E-state index is 13.1. The number of hydrogen-bond acceptors (Lipinski definition) is 6. The van der Waals surface area contributed by atoms with Crippen LogP contribution in [0.15, 0.2) is 77.3 Å². The minimum absolute atomic E-state index is 0.209. The lowest BCUT2D eigenvalue weighted by Crippen LogP contribution is -2.20. The van der Waals surface area contributed by atoms with Crippen LogP contribution >= 0.6 is 0 Å². The van der Waals surface area contributed by atoms with Crippen molar-refractivity contribution in [2.75, 3.05) is 19.0 Å². The van der Waals surface area contributed by atoms with Crippen molar-refractivity contribution in [2.24, 2.45) is 0 Å². The molecule has 3 aromatic carbocycles. The molecule has 1 heterocycles. The fourth-order valence-corrected chi connectivity index (χ4v) is 2.90. The van der Waals surface area contributed by atoms with E-state index in [1.165, 1.54) is 19.2 Å². The van der Waals surface area contributed by atoms with Crippen molar-refractivity contribution in [3.63, 3.8) is 0 Å². The van der Waals surface area contributed by atoms with Crippen molar-refractivity contribution in [2.45, 2.75) is 0 Å². The van der Waals surface area contributed by atoms with Gasteiger partial charge in [-0.25, -0.2) is 4.39 Å². The molecule has 4 rings (SSSR count). The standard InChI is InChI=1S/C23H18FN3O4/c1-29-19-8-4-5-9-20(19)30-14-21(28)25-18-7-3-2-6-17(18)23-26-22(27-31-23)15-10-12-16(24)13-11-15/h2-13H,14H2,1H3,(H,25,28). The Balaban J connectivity index is 1.49. The lowest BCUT2D eigenvalue weighted by atomic mass is 10.1. The minimum atomic E-state index is -0.364. The Labute approximate surface area is 177 Å². The first-order chi connectivity index (χ1) is 15.1. The molecule has 0 aliphatic rings. The maximum absolute atomic E-state index is 13.1. The molecule has 31 heavy (non-hydrogen) atoms. The van der Waals surface area contributed by atoms with Crippen LogP contribution in [0.4, 0.5) is 10.1 Å². The summed E-state index contributed by atoms with van der Waals surface area (Å²) in [6.07, 6.45) is 0. The van der Waals surface area contributed by atoms with Gasteiger partial charge in [0.1, 0.15) is 5.82 Å². The molecule has 0 aliphatic carbocycles. The molecule has 1 N–H and O–H groups in total. The molecule has 0 bridgehead atoms. The van der Waals surface area contributed by atoms with Crippen LogP contribution in [0.1, 0.15) is 0 Å². The number of hydrogen-bond donors (Lipinski definition) is 1. The van der Waals surface area contributed by atoms with Crippen LogP contribution in [0.25, 0.3) is 22.8 Å². The molecular formula is C23H18FN3O4. The predicted octanol–water partition coefficient (Wildman–Crippen LogP) is 4.57. The summed E-state index contributed by atoms with van der Waals surface area (Å²) in [5.41, 5.74) is 1.66. The van der Waals surface area contributed by atoms with E-state index in [4.69, 9.17) is 14.0 Å². The van der Waals surface area contributed by atoms with Crippen molar-refractivity contribution in [3.05, 3.63) is 78.6 Å². The number of ether oxygens (including phenoxy) is 2. The first kappa shape index (κ1) is 20.1. The van der Waals surface area contributed by atoms with Gasteiger partial charge in [-0.15, -0.1) is 0 Å². The quantitative estimate of drug-likeness (QED) is 0.472. The van der Waals surface area contributed by atoms with Crippen molar-refractivity contribution in [1.82, 2.24) is 10.1 Å². The number of nitrogens with one attached hydrogen (secondary N) is 1. The maximum Gasteiger partial charge on any atom is 0.262 e. The fraction of sp³-hybridized carbons (Fsp3) is 0.0870. The van der Waals surface area contributed by atoms with Crippen LogP contribution in [-0.2, 0) is 4.79 Å². The predicted molar refractivity (Wildman–Crippen MR) is 112 cm³/mol. The molecular weight excluding hydrogens is 401 g/mol. The average Bonchev–Trinajstić information content (AvgIpc) is 3.29. The smallest absolute Gasteiger partial charge is 0.262 e. The number of nitrogens with zero attached hydrogens (tertiary/aromatic N) is 2. The number of para-hydroxylation sites is 3. The summed E-state index contributed by atoms with van der Waals surface area (Å²) in [4.78, 5) is 16.8. The average molecular weight is 419 g/mol. The zero-order chi connectivity index (χ0) is 21.6. The van der Waals surface area contributed by atoms with Gasteiger partial charge in [0.05, 0.1) is 18.4 Å². The van der Waals surface area contributed by atoms with Crippen LogP contribution < -0.4 is 14.8 Å². The summed E-state index contributed by atoms with van der Waals surface area (Å²) in [5.74, 6) is 0.827. The van der Waals surface area contributed by atoms with Gasteiger partial charge < -0.3 is 19.3 Å². The summed E-state index contributed by atoms with van der Waals surface area (Å²) >= 11 is 0. The third kappa shape index (κ3) is 4.69. The van der Waals surface area contributed by atoms with Crippen molar-refractivity contribution >= 4 is 11.6 Å². The topological polar surface area (TPSA) is 86.5 Å². The van der Waals surface area contributed by atoms with Crippen molar-refractivity contribution < 1.29 is 23.2 Å². The first-order valence-corrected chi connectivity index (χ1v) is 9.39. The molecule has 0 spiro atoms. The summed E-state index contributed by atoms with van der Waals surface area (Å²) in [7, 11) is 1.53. The Morgan fingerprint density at radius 1 is 1.00 bits per heavy atom. The van der Waals surface area contributed by atoms with E-state index in [0.717, 1.165) is 0 Å². The summed E-state index contributed by atoms with van der Waals surface area (Å²) in [5, 5.41) is 6.74. The number of carbonyl (C=O) groups is 1. The fourth-order valence-electron chi connectivity index (χ4n) is 2.90. The second-order valence-corrected chi connectivity index (χ2v) is 6.46.